The number of ether oxygens (including phenoxy) is 2. The third-order valence-corrected chi connectivity index (χ3v) is 5.44. The van der Waals surface area contributed by atoms with E-state index in [-0.39, 0.29) is 18.0 Å². The van der Waals surface area contributed by atoms with Gasteiger partial charge in [0.05, 0.1) is 11.7 Å². The molecule has 0 N–H and O–H groups in total. The monoisotopic (exact) mass is 393 g/mol. The van der Waals surface area contributed by atoms with Crippen LogP contribution in [-0.2, 0) is 14.3 Å². The summed E-state index contributed by atoms with van der Waals surface area (Å²) in [6.45, 7) is 13.6. The number of rotatable bonds is 6. The predicted octanol–water partition coefficient (Wildman–Crippen LogP) is 5.75. The number of fused-ring (bicyclic) bond motifs is 1. The summed E-state index contributed by atoms with van der Waals surface area (Å²) in [6, 6.07) is 14.6. The molecule has 0 spiro atoms. The Bertz CT molecular complexity index is 962. The van der Waals surface area contributed by atoms with Crippen LogP contribution >= 0.6 is 0 Å². The first-order chi connectivity index (χ1) is 13.9. The quantitative estimate of drug-likeness (QED) is 0.586. The minimum atomic E-state index is -0.312. The van der Waals surface area contributed by atoms with Gasteiger partial charge in [-0.3, -0.25) is 0 Å². The van der Waals surface area contributed by atoms with Crippen LogP contribution in [0, 0.1) is 0 Å². The zero-order valence-electron chi connectivity index (χ0n) is 18.3. The van der Waals surface area contributed by atoms with Crippen LogP contribution < -0.4 is 0 Å². The van der Waals surface area contributed by atoms with E-state index < -0.39 is 0 Å². The van der Waals surface area contributed by atoms with Crippen molar-refractivity contribution in [2.45, 2.75) is 53.6 Å². The van der Waals surface area contributed by atoms with Crippen molar-refractivity contribution in [2.24, 2.45) is 0 Å². The molecule has 154 valence electrons. The molecule has 1 aliphatic rings. The van der Waals surface area contributed by atoms with Crippen molar-refractivity contribution >= 4 is 16.7 Å². The first-order valence-corrected chi connectivity index (χ1v) is 10.4. The Morgan fingerprint density at radius 1 is 1.07 bits per heavy atom. The fraction of sp³-hybridized carbons (Fsp3) is 0.400. The number of allylic oxidation sites excluding steroid dienone is 2. The van der Waals surface area contributed by atoms with Crippen molar-refractivity contribution < 1.29 is 14.3 Å². The SMILES string of the molecule is CCN(CC)C1=C(C)C(c2cccc3ccccc23)C(C(=O)OC(C)C)=C(C)O1. The largest absolute Gasteiger partial charge is 0.459 e. The van der Waals surface area contributed by atoms with Crippen LogP contribution in [-0.4, -0.2) is 30.1 Å². The summed E-state index contributed by atoms with van der Waals surface area (Å²) in [7, 11) is 0. The van der Waals surface area contributed by atoms with Gasteiger partial charge in [-0.25, -0.2) is 4.79 Å². The molecule has 1 atom stereocenters. The van der Waals surface area contributed by atoms with Crippen molar-refractivity contribution in [3.8, 4) is 0 Å². The average molecular weight is 394 g/mol. The van der Waals surface area contributed by atoms with E-state index in [4.69, 9.17) is 9.47 Å². The molecule has 0 bridgehead atoms. The van der Waals surface area contributed by atoms with E-state index in [9.17, 15) is 4.79 Å². The van der Waals surface area contributed by atoms with Crippen LogP contribution in [0.2, 0.25) is 0 Å². The van der Waals surface area contributed by atoms with Crippen LogP contribution in [0.3, 0.4) is 0 Å². The summed E-state index contributed by atoms with van der Waals surface area (Å²) in [5.74, 6) is 0.928. The van der Waals surface area contributed by atoms with Crippen molar-refractivity contribution in [2.75, 3.05) is 13.1 Å². The lowest BCUT2D eigenvalue weighted by Crippen LogP contribution is -2.31. The van der Waals surface area contributed by atoms with E-state index in [1.807, 2.05) is 32.9 Å². The summed E-state index contributed by atoms with van der Waals surface area (Å²) < 4.78 is 11.8. The van der Waals surface area contributed by atoms with Crippen LogP contribution in [0.1, 0.15) is 53.0 Å². The number of esters is 1. The lowest BCUT2D eigenvalue weighted by atomic mass is 9.81. The van der Waals surface area contributed by atoms with E-state index in [0.717, 1.165) is 40.9 Å². The second-order valence-corrected chi connectivity index (χ2v) is 7.69. The van der Waals surface area contributed by atoms with Gasteiger partial charge in [0.2, 0.25) is 0 Å². The topological polar surface area (TPSA) is 38.8 Å². The first kappa shape index (κ1) is 21.0. The molecular formula is C25H31NO3. The minimum absolute atomic E-state index is 0.190. The maximum absolute atomic E-state index is 13.1. The average Bonchev–Trinajstić information content (AvgIpc) is 2.70. The molecule has 1 aliphatic heterocycles. The predicted molar refractivity (Wildman–Crippen MR) is 117 cm³/mol. The highest BCUT2D eigenvalue weighted by atomic mass is 16.5. The Kier molecular flexibility index (Phi) is 6.31. The summed E-state index contributed by atoms with van der Waals surface area (Å²) in [5.41, 5.74) is 2.72. The smallest absolute Gasteiger partial charge is 0.338 e. The molecule has 2 aromatic carbocycles. The molecule has 0 saturated heterocycles. The molecule has 2 aromatic rings. The van der Waals surface area contributed by atoms with E-state index >= 15 is 0 Å². The lowest BCUT2D eigenvalue weighted by molar-refractivity contribution is -0.143. The number of carbonyl (C=O) groups excluding carboxylic acids is 1. The second-order valence-electron chi connectivity index (χ2n) is 7.69. The van der Waals surface area contributed by atoms with Gasteiger partial charge in [-0.15, -0.1) is 0 Å². The van der Waals surface area contributed by atoms with E-state index in [0.29, 0.717) is 11.3 Å². The van der Waals surface area contributed by atoms with Crippen LogP contribution in [0.4, 0.5) is 0 Å². The molecule has 4 nitrogen and oxygen atoms in total. The summed E-state index contributed by atoms with van der Waals surface area (Å²) >= 11 is 0. The molecule has 0 saturated carbocycles. The lowest BCUT2D eigenvalue weighted by Gasteiger charge is -2.35. The van der Waals surface area contributed by atoms with Crippen molar-refractivity contribution in [1.29, 1.82) is 0 Å². The molecule has 4 heteroatoms. The second kappa shape index (κ2) is 8.73. The van der Waals surface area contributed by atoms with E-state index in [1.54, 1.807) is 0 Å². The van der Waals surface area contributed by atoms with Gasteiger partial charge in [0.1, 0.15) is 5.76 Å². The molecule has 0 amide bonds. The van der Waals surface area contributed by atoms with Gasteiger partial charge in [-0.1, -0.05) is 42.5 Å². The Morgan fingerprint density at radius 2 is 1.72 bits per heavy atom. The summed E-state index contributed by atoms with van der Waals surface area (Å²) in [5, 5.41) is 2.30. The maximum Gasteiger partial charge on any atom is 0.338 e. The maximum atomic E-state index is 13.1. The Balaban J connectivity index is 2.24. The standard InChI is InChI=1S/C25H31NO3/c1-7-26(8-2)24-17(5)22(23(18(6)29-24)25(27)28-16(3)4)21-15-11-13-19-12-9-10-14-20(19)21/h9-16,22H,7-8H2,1-6H3. The number of hydrogen-bond donors (Lipinski definition) is 0. The number of nitrogens with zero attached hydrogens (tertiary/aromatic N) is 1. The van der Waals surface area contributed by atoms with Gasteiger partial charge in [-0.2, -0.15) is 0 Å². The zero-order chi connectivity index (χ0) is 21.1. The van der Waals surface area contributed by atoms with Gasteiger partial charge in [0, 0.05) is 19.0 Å². The molecule has 0 aliphatic carbocycles. The van der Waals surface area contributed by atoms with Crippen LogP contribution in [0.5, 0.6) is 0 Å². The van der Waals surface area contributed by atoms with Crippen LogP contribution in [0.15, 0.2) is 65.3 Å². The third kappa shape index (κ3) is 4.02. The number of hydrogen-bond acceptors (Lipinski definition) is 4. The van der Waals surface area contributed by atoms with Gasteiger partial charge in [0.25, 0.3) is 0 Å². The van der Waals surface area contributed by atoms with Crippen molar-refractivity contribution in [3.63, 3.8) is 0 Å². The molecule has 0 aromatic heterocycles. The van der Waals surface area contributed by atoms with E-state index in [1.165, 1.54) is 0 Å². The Hall–Kier alpha value is -2.75. The molecule has 0 fully saturated rings. The summed E-state index contributed by atoms with van der Waals surface area (Å²) in [4.78, 5) is 15.3. The normalized spacial score (nSPS) is 17.0. The van der Waals surface area contributed by atoms with Gasteiger partial charge in [-0.05, 0) is 63.5 Å². The number of carbonyl (C=O) groups is 1. The highest BCUT2D eigenvalue weighted by Gasteiger charge is 2.36. The minimum Gasteiger partial charge on any atom is -0.459 e. The van der Waals surface area contributed by atoms with Crippen LogP contribution in [0.25, 0.3) is 10.8 Å². The first-order valence-electron chi connectivity index (χ1n) is 10.4. The third-order valence-electron chi connectivity index (χ3n) is 5.44. The summed E-state index contributed by atoms with van der Waals surface area (Å²) in [6.07, 6.45) is -0.190. The Morgan fingerprint density at radius 3 is 2.38 bits per heavy atom. The molecule has 3 rings (SSSR count). The number of benzene rings is 2. The molecule has 1 heterocycles. The van der Waals surface area contributed by atoms with Crippen molar-refractivity contribution in [3.05, 3.63) is 70.8 Å². The highest BCUT2D eigenvalue weighted by Crippen LogP contribution is 2.43. The molecule has 29 heavy (non-hydrogen) atoms. The van der Waals surface area contributed by atoms with Gasteiger partial charge < -0.3 is 14.4 Å². The van der Waals surface area contributed by atoms with Gasteiger partial charge in [0.15, 0.2) is 5.88 Å². The van der Waals surface area contributed by atoms with Gasteiger partial charge >= 0.3 is 5.97 Å². The fourth-order valence-electron chi connectivity index (χ4n) is 4.08. The highest BCUT2D eigenvalue weighted by molar-refractivity contribution is 5.95. The molecular weight excluding hydrogens is 362 g/mol. The Labute approximate surface area is 173 Å². The molecule has 0 radical (unpaired) electrons. The fourth-order valence-corrected chi connectivity index (χ4v) is 4.08. The van der Waals surface area contributed by atoms with Crippen molar-refractivity contribution in [1.82, 2.24) is 4.90 Å². The van der Waals surface area contributed by atoms with E-state index in [2.05, 4.69) is 56.0 Å². The molecule has 1 unspecified atom stereocenters. The zero-order valence-corrected chi connectivity index (χ0v) is 18.3.